The van der Waals surface area contributed by atoms with E-state index in [4.69, 9.17) is 5.73 Å². The van der Waals surface area contributed by atoms with Crippen molar-refractivity contribution in [2.45, 2.75) is 19.6 Å². The van der Waals surface area contributed by atoms with Crippen molar-refractivity contribution >= 4 is 28.3 Å². The second-order valence-corrected chi connectivity index (χ2v) is 9.92. The van der Waals surface area contributed by atoms with Crippen LogP contribution in [0, 0.1) is 6.92 Å². The highest BCUT2D eigenvalue weighted by atomic mass is 19.4. The molecule has 1 aliphatic heterocycles. The lowest BCUT2D eigenvalue weighted by Crippen LogP contribution is -2.44. The van der Waals surface area contributed by atoms with Gasteiger partial charge in [-0.05, 0) is 72.6 Å². The third-order valence-electron chi connectivity index (χ3n) is 7.15. The molecule has 0 spiro atoms. The molecular weight excluding hydrogens is 505 g/mol. The zero-order valence-corrected chi connectivity index (χ0v) is 21.7. The van der Waals surface area contributed by atoms with Crippen LogP contribution >= 0.6 is 0 Å². The molecule has 4 aromatic rings. The highest BCUT2D eigenvalue weighted by Crippen LogP contribution is 2.34. The minimum absolute atomic E-state index is 0.159. The van der Waals surface area contributed by atoms with E-state index in [0.29, 0.717) is 34.4 Å². The van der Waals surface area contributed by atoms with Crippen LogP contribution in [0.15, 0.2) is 60.9 Å². The first-order valence-corrected chi connectivity index (χ1v) is 12.6. The minimum atomic E-state index is -4.52. The molecule has 3 N–H and O–H groups in total. The maximum atomic E-state index is 13.5. The van der Waals surface area contributed by atoms with Gasteiger partial charge in [0.2, 0.25) is 0 Å². The molecule has 0 saturated carbocycles. The zero-order valence-electron chi connectivity index (χ0n) is 21.7. The number of rotatable bonds is 5. The molecule has 0 atom stereocenters. The molecule has 0 aliphatic carbocycles. The van der Waals surface area contributed by atoms with E-state index < -0.39 is 17.6 Å². The van der Waals surface area contributed by atoms with E-state index in [2.05, 4.69) is 25.1 Å². The molecule has 39 heavy (non-hydrogen) atoms. The van der Waals surface area contributed by atoms with Crippen LogP contribution in [0.1, 0.15) is 27.0 Å². The van der Waals surface area contributed by atoms with Crippen molar-refractivity contribution in [2.75, 3.05) is 44.3 Å². The predicted molar refractivity (Wildman–Crippen MR) is 146 cm³/mol. The van der Waals surface area contributed by atoms with Crippen LogP contribution in [-0.4, -0.2) is 58.9 Å². The average molecular weight is 535 g/mol. The smallest absolute Gasteiger partial charge is 0.383 e. The number of nitrogen functional groups attached to an aromatic ring is 1. The van der Waals surface area contributed by atoms with Gasteiger partial charge in [-0.3, -0.25) is 9.69 Å². The Morgan fingerprint density at radius 1 is 1.00 bits per heavy atom. The van der Waals surface area contributed by atoms with Crippen LogP contribution < -0.4 is 11.1 Å². The Balaban J connectivity index is 1.45. The normalized spacial score (nSPS) is 15.0. The fourth-order valence-electron chi connectivity index (χ4n) is 4.77. The fraction of sp³-hybridized carbons (Fsp3) is 0.276. The lowest BCUT2D eigenvalue weighted by molar-refractivity contribution is -0.137. The summed E-state index contributed by atoms with van der Waals surface area (Å²) in [5.41, 5.74) is 9.61. The Labute approximate surface area is 224 Å². The van der Waals surface area contributed by atoms with Crippen LogP contribution in [-0.2, 0) is 12.7 Å². The van der Waals surface area contributed by atoms with Crippen LogP contribution in [0.25, 0.3) is 22.0 Å². The van der Waals surface area contributed by atoms with Gasteiger partial charge in [-0.25, -0.2) is 9.97 Å². The lowest BCUT2D eigenvalue weighted by Gasteiger charge is -2.32. The second-order valence-electron chi connectivity index (χ2n) is 9.92. The summed E-state index contributed by atoms with van der Waals surface area (Å²) in [5, 5.41) is 3.45. The molecule has 0 bridgehead atoms. The molecule has 1 fully saturated rings. The topological polar surface area (TPSA) is 87.4 Å². The van der Waals surface area contributed by atoms with E-state index >= 15 is 0 Å². The Morgan fingerprint density at radius 3 is 2.51 bits per heavy atom. The van der Waals surface area contributed by atoms with Gasteiger partial charge in [0.15, 0.2) is 0 Å². The molecule has 10 heteroatoms. The zero-order chi connectivity index (χ0) is 27.7. The maximum Gasteiger partial charge on any atom is 0.416 e. The summed E-state index contributed by atoms with van der Waals surface area (Å²) in [6, 6.07) is 14.4. The molecule has 7 nitrogen and oxygen atoms in total. The number of halogens is 3. The van der Waals surface area contributed by atoms with Crippen LogP contribution in [0.5, 0.6) is 0 Å². The quantitative estimate of drug-likeness (QED) is 0.366. The van der Waals surface area contributed by atoms with E-state index in [1.54, 1.807) is 12.1 Å². The summed E-state index contributed by atoms with van der Waals surface area (Å²) in [5.74, 6) is -0.135. The van der Waals surface area contributed by atoms with Gasteiger partial charge in [0.05, 0.1) is 11.1 Å². The number of hydrogen-bond donors (Lipinski definition) is 2. The van der Waals surface area contributed by atoms with Crippen molar-refractivity contribution in [2.24, 2.45) is 0 Å². The van der Waals surface area contributed by atoms with Crippen molar-refractivity contribution in [1.29, 1.82) is 0 Å². The summed E-state index contributed by atoms with van der Waals surface area (Å²) in [6.07, 6.45) is -3.12. The maximum absolute atomic E-state index is 13.5. The molecule has 1 saturated heterocycles. The Hall–Kier alpha value is -4.02. The number of aromatic nitrogens is 2. The van der Waals surface area contributed by atoms with Gasteiger partial charge in [0.25, 0.3) is 5.91 Å². The number of likely N-dealkylation sites (N-methyl/N-ethyl adjacent to an activating group) is 1. The summed E-state index contributed by atoms with van der Waals surface area (Å²) in [7, 11) is 2.04. The van der Waals surface area contributed by atoms with Crippen molar-refractivity contribution in [3.63, 3.8) is 0 Å². The highest BCUT2D eigenvalue weighted by molar-refractivity contribution is 6.05. The first kappa shape index (κ1) is 26.6. The van der Waals surface area contributed by atoms with E-state index in [-0.39, 0.29) is 5.69 Å². The number of carbonyl (C=O) groups is 1. The molecule has 5 rings (SSSR count). The lowest BCUT2D eigenvalue weighted by atomic mass is 9.96. The van der Waals surface area contributed by atoms with Crippen LogP contribution in [0.4, 0.5) is 24.7 Å². The standard InChI is InChI=1S/C29H29F3N6O/c1-18-3-4-20(14-23(18)19-6-8-25-24(13-19)27(33)35-17-34-25)28(39)36-26-15-22(29(30,31)32)7-5-21(26)16-38-11-9-37(2)10-12-38/h3-8,13-15,17H,9-12,16H2,1-2H3,(H,36,39)(H2,33,34,35). The number of amides is 1. The number of alkyl halides is 3. The van der Waals surface area contributed by atoms with E-state index in [9.17, 15) is 18.0 Å². The van der Waals surface area contributed by atoms with E-state index in [1.807, 2.05) is 38.2 Å². The number of nitrogens with two attached hydrogens (primary N) is 1. The molecule has 0 unspecified atom stereocenters. The molecule has 3 aromatic carbocycles. The molecule has 202 valence electrons. The molecule has 2 heterocycles. The number of nitrogens with zero attached hydrogens (tertiary/aromatic N) is 4. The van der Waals surface area contributed by atoms with Gasteiger partial charge >= 0.3 is 6.18 Å². The fourth-order valence-corrected chi connectivity index (χ4v) is 4.77. The van der Waals surface area contributed by atoms with Crippen molar-refractivity contribution < 1.29 is 18.0 Å². The number of nitrogens with one attached hydrogen (secondary N) is 1. The van der Waals surface area contributed by atoms with Crippen molar-refractivity contribution in [3.8, 4) is 11.1 Å². The molecule has 1 aliphatic rings. The van der Waals surface area contributed by atoms with Gasteiger partial charge in [0.1, 0.15) is 12.1 Å². The molecule has 1 aromatic heterocycles. The van der Waals surface area contributed by atoms with E-state index in [1.165, 1.54) is 12.4 Å². The number of anilines is 2. The average Bonchev–Trinajstić information content (AvgIpc) is 2.90. The van der Waals surface area contributed by atoms with Gasteiger partial charge in [0, 0.05) is 49.4 Å². The SMILES string of the molecule is Cc1ccc(C(=O)Nc2cc(C(F)(F)F)ccc2CN2CCN(C)CC2)cc1-c1ccc2ncnc(N)c2c1. The summed E-state index contributed by atoms with van der Waals surface area (Å²) < 4.78 is 40.6. The number of aryl methyl sites for hydroxylation is 1. The number of fused-ring (bicyclic) bond motifs is 1. The number of benzene rings is 3. The van der Waals surface area contributed by atoms with E-state index in [0.717, 1.165) is 55.0 Å². The third-order valence-corrected chi connectivity index (χ3v) is 7.15. The largest absolute Gasteiger partial charge is 0.416 e. The molecule has 0 radical (unpaired) electrons. The Kier molecular flexibility index (Phi) is 7.24. The first-order chi connectivity index (χ1) is 18.6. The van der Waals surface area contributed by atoms with Crippen molar-refractivity contribution in [3.05, 3.63) is 83.2 Å². The third kappa shape index (κ3) is 5.86. The highest BCUT2D eigenvalue weighted by Gasteiger charge is 2.31. The Morgan fingerprint density at radius 2 is 1.77 bits per heavy atom. The monoisotopic (exact) mass is 534 g/mol. The van der Waals surface area contributed by atoms with Crippen LogP contribution in [0.3, 0.4) is 0 Å². The van der Waals surface area contributed by atoms with Gasteiger partial charge in [-0.2, -0.15) is 13.2 Å². The number of piperazine rings is 1. The molecular formula is C29H29F3N6O. The van der Waals surface area contributed by atoms with Gasteiger partial charge in [-0.1, -0.05) is 18.2 Å². The van der Waals surface area contributed by atoms with Crippen molar-refractivity contribution in [1.82, 2.24) is 19.8 Å². The number of hydrogen-bond acceptors (Lipinski definition) is 6. The second kappa shape index (κ2) is 10.6. The summed E-state index contributed by atoms with van der Waals surface area (Å²) >= 11 is 0. The first-order valence-electron chi connectivity index (χ1n) is 12.6. The van der Waals surface area contributed by atoms with Gasteiger partial charge in [-0.15, -0.1) is 0 Å². The minimum Gasteiger partial charge on any atom is -0.383 e. The molecule has 1 amide bonds. The number of carbonyl (C=O) groups excluding carboxylic acids is 1. The predicted octanol–water partition coefficient (Wildman–Crippen LogP) is 5.21. The Bertz CT molecular complexity index is 1530. The van der Waals surface area contributed by atoms with Gasteiger partial charge < -0.3 is 16.0 Å². The summed E-state index contributed by atoms with van der Waals surface area (Å²) in [6.45, 7) is 5.72. The summed E-state index contributed by atoms with van der Waals surface area (Å²) in [4.78, 5) is 26.0. The van der Waals surface area contributed by atoms with Crippen LogP contribution in [0.2, 0.25) is 0 Å².